The molecule has 2 aromatic heterocycles. The van der Waals surface area contributed by atoms with E-state index in [9.17, 15) is 10.1 Å². The summed E-state index contributed by atoms with van der Waals surface area (Å²) in [6.07, 6.45) is 0. The van der Waals surface area contributed by atoms with E-state index in [4.69, 9.17) is 39.5 Å². The summed E-state index contributed by atoms with van der Waals surface area (Å²) in [6.45, 7) is 2.21. The molecular weight excluding hydrogens is 427 g/mol. The zero-order valence-electron chi connectivity index (χ0n) is 14.3. The van der Waals surface area contributed by atoms with Gasteiger partial charge < -0.3 is 9.64 Å². The first-order valence-corrected chi connectivity index (χ1v) is 9.46. The minimum Gasteiger partial charge on any atom is -0.378 e. The van der Waals surface area contributed by atoms with Gasteiger partial charge in [-0.2, -0.15) is 14.8 Å². The second-order valence-corrected chi connectivity index (χ2v) is 8.31. The molecule has 0 unspecified atom stereocenters. The van der Waals surface area contributed by atoms with Crippen LogP contribution in [0.3, 0.4) is 0 Å². The first-order chi connectivity index (χ1) is 13.4. The van der Waals surface area contributed by atoms with Crippen LogP contribution < -0.4 is 10.6 Å². The van der Waals surface area contributed by atoms with Gasteiger partial charge in [0.2, 0.25) is 9.74 Å². The van der Waals surface area contributed by atoms with Crippen molar-refractivity contribution in [3.05, 3.63) is 52.1 Å². The van der Waals surface area contributed by atoms with Crippen molar-refractivity contribution in [1.82, 2.24) is 19.2 Å². The third-order valence-corrected chi connectivity index (χ3v) is 4.88. The van der Waals surface area contributed by atoms with Crippen LogP contribution in [0.4, 0.5) is 5.95 Å². The highest BCUT2D eigenvalue weighted by Crippen LogP contribution is 2.39. The number of fused-ring (bicyclic) bond motifs is 1. The Bertz CT molecular complexity index is 1120. The van der Waals surface area contributed by atoms with Crippen LogP contribution in [0.2, 0.25) is 0 Å². The van der Waals surface area contributed by atoms with Gasteiger partial charge in [0.15, 0.2) is 5.65 Å². The van der Waals surface area contributed by atoms with Crippen molar-refractivity contribution in [3.8, 4) is 11.8 Å². The Balaban J connectivity index is 2.12. The Morgan fingerprint density at radius 3 is 2.43 bits per heavy atom. The maximum Gasteiger partial charge on any atom is 0.370 e. The molecule has 1 saturated heterocycles. The van der Waals surface area contributed by atoms with Crippen LogP contribution in [0.5, 0.6) is 0 Å². The van der Waals surface area contributed by atoms with Gasteiger partial charge in [0, 0.05) is 13.1 Å². The molecule has 1 aliphatic rings. The SMILES string of the molecule is N#Cc1c(C(Cl)(Cl)Cl)nc(=O)n2nc(N3CCOCC3)n(-c3ccccc3)c12. The number of anilines is 1. The molecule has 0 spiro atoms. The molecule has 1 aromatic carbocycles. The average Bonchev–Trinajstić information content (AvgIpc) is 3.10. The van der Waals surface area contributed by atoms with Gasteiger partial charge in [-0.15, -0.1) is 5.10 Å². The van der Waals surface area contributed by atoms with Gasteiger partial charge in [0.05, 0.1) is 18.9 Å². The van der Waals surface area contributed by atoms with E-state index >= 15 is 0 Å². The van der Waals surface area contributed by atoms with Crippen LogP contribution in [-0.4, -0.2) is 45.5 Å². The number of halogens is 3. The van der Waals surface area contributed by atoms with E-state index in [0.717, 1.165) is 4.52 Å². The van der Waals surface area contributed by atoms with Crippen molar-refractivity contribution in [2.75, 3.05) is 31.2 Å². The molecule has 0 saturated carbocycles. The maximum atomic E-state index is 12.6. The van der Waals surface area contributed by atoms with E-state index < -0.39 is 9.48 Å². The van der Waals surface area contributed by atoms with Crippen molar-refractivity contribution in [2.45, 2.75) is 3.79 Å². The molecule has 3 aromatic rings. The molecule has 11 heteroatoms. The average molecular weight is 440 g/mol. The minimum atomic E-state index is -2.04. The smallest absolute Gasteiger partial charge is 0.370 e. The lowest BCUT2D eigenvalue weighted by Gasteiger charge is -2.27. The number of alkyl halides is 3. The fourth-order valence-electron chi connectivity index (χ4n) is 3.12. The summed E-state index contributed by atoms with van der Waals surface area (Å²) in [5, 5.41) is 14.2. The molecule has 0 radical (unpaired) electrons. The lowest BCUT2D eigenvalue weighted by molar-refractivity contribution is 0.122. The zero-order valence-corrected chi connectivity index (χ0v) is 16.6. The van der Waals surface area contributed by atoms with Crippen LogP contribution in [0.15, 0.2) is 35.1 Å². The van der Waals surface area contributed by atoms with Gasteiger partial charge >= 0.3 is 5.69 Å². The Morgan fingerprint density at radius 1 is 1.14 bits per heavy atom. The van der Waals surface area contributed by atoms with E-state index in [0.29, 0.717) is 37.9 Å². The maximum absolute atomic E-state index is 12.6. The topological polar surface area (TPSA) is 88.4 Å². The Hall–Kier alpha value is -2.31. The summed E-state index contributed by atoms with van der Waals surface area (Å²) < 4.78 is 6.14. The van der Waals surface area contributed by atoms with Gasteiger partial charge in [0.1, 0.15) is 17.3 Å². The van der Waals surface area contributed by atoms with E-state index in [2.05, 4.69) is 10.1 Å². The molecule has 0 bridgehead atoms. The number of nitrogens with zero attached hydrogens (tertiary/aromatic N) is 6. The number of hydrogen-bond acceptors (Lipinski definition) is 6. The molecule has 1 aliphatic heterocycles. The highest BCUT2D eigenvalue weighted by atomic mass is 35.6. The van der Waals surface area contributed by atoms with E-state index in [1.54, 1.807) is 4.57 Å². The molecule has 8 nitrogen and oxygen atoms in total. The van der Waals surface area contributed by atoms with Crippen LogP contribution in [0, 0.1) is 11.3 Å². The van der Waals surface area contributed by atoms with Crippen molar-refractivity contribution >= 4 is 46.4 Å². The third-order valence-electron chi connectivity index (χ3n) is 4.34. The molecule has 0 amide bonds. The van der Waals surface area contributed by atoms with E-state index in [1.165, 1.54) is 0 Å². The van der Waals surface area contributed by atoms with Crippen LogP contribution in [-0.2, 0) is 8.53 Å². The lowest BCUT2D eigenvalue weighted by Crippen LogP contribution is -2.38. The molecule has 0 atom stereocenters. The number of rotatable bonds is 2. The quantitative estimate of drug-likeness (QED) is 0.570. The summed E-state index contributed by atoms with van der Waals surface area (Å²) in [7, 11) is 0. The largest absolute Gasteiger partial charge is 0.378 e. The second-order valence-electron chi connectivity index (χ2n) is 6.03. The second kappa shape index (κ2) is 7.26. The Morgan fingerprint density at radius 2 is 1.82 bits per heavy atom. The number of benzene rings is 1. The highest BCUT2D eigenvalue weighted by Gasteiger charge is 2.34. The predicted molar refractivity (Wildman–Crippen MR) is 106 cm³/mol. The van der Waals surface area contributed by atoms with Crippen LogP contribution >= 0.6 is 34.8 Å². The van der Waals surface area contributed by atoms with Gasteiger partial charge in [-0.3, -0.25) is 4.57 Å². The molecule has 1 fully saturated rings. The standard InChI is InChI=1S/C17H13Cl3N6O2/c18-17(19,20)13-12(10-21)14-25(11-4-2-1-3-5-11)15(23-26(14)16(27)22-13)24-6-8-28-9-7-24/h1-5H,6-9H2. The molecule has 4 rings (SSSR count). The monoisotopic (exact) mass is 438 g/mol. The number of ether oxygens (including phenoxy) is 1. The molecule has 28 heavy (non-hydrogen) atoms. The normalized spacial score (nSPS) is 15.0. The third kappa shape index (κ3) is 3.20. The van der Waals surface area contributed by atoms with Crippen molar-refractivity contribution in [3.63, 3.8) is 0 Å². The molecule has 144 valence electrons. The molecule has 0 aliphatic carbocycles. The summed E-state index contributed by atoms with van der Waals surface area (Å²) in [5.74, 6) is 0.478. The minimum absolute atomic E-state index is 0.0320. The molecule has 3 heterocycles. The van der Waals surface area contributed by atoms with Crippen molar-refractivity contribution in [2.24, 2.45) is 0 Å². The number of hydrogen-bond donors (Lipinski definition) is 0. The number of nitriles is 1. The first kappa shape index (κ1) is 19.0. The summed E-state index contributed by atoms with van der Waals surface area (Å²) in [6, 6.07) is 11.2. The number of para-hydroxylation sites is 1. The summed E-state index contributed by atoms with van der Waals surface area (Å²) in [4.78, 5) is 18.4. The van der Waals surface area contributed by atoms with E-state index in [1.807, 2.05) is 41.3 Å². The van der Waals surface area contributed by atoms with Crippen molar-refractivity contribution in [1.29, 1.82) is 5.26 Å². The van der Waals surface area contributed by atoms with Gasteiger partial charge in [-0.1, -0.05) is 53.0 Å². The summed E-state index contributed by atoms with van der Waals surface area (Å²) in [5.41, 5.74) is -0.0986. The van der Waals surface area contributed by atoms with E-state index in [-0.39, 0.29) is 16.9 Å². The van der Waals surface area contributed by atoms with Gasteiger partial charge in [-0.05, 0) is 12.1 Å². The predicted octanol–water partition coefficient (Wildman–Crippen LogP) is 2.42. The first-order valence-electron chi connectivity index (χ1n) is 8.33. The molecule has 0 N–H and O–H groups in total. The Kier molecular flexibility index (Phi) is 4.93. The van der Waals surface area contributed by atoms with Gasteiger partial charge in [-0.25, -0.2) is 4.79 Å². The highest BCUT2D eigenvalue weighted by molar-refractivity contribution is 6.66. The fraction of sp³-hybridized carbons (Fsp3) is 0.294. The Labute approximate surface area is 174 Å². The fourth-order valence-corrected chi connectivity index (χ4v) is 3.53. The van der Waals surface area contributed by atoms with Crippen LogP contribution in [0.25, 0.3) is 11.3 Å². The molecular formula is C17H13Cl3N6O2. The number of morpholine rings is 1. The van der Waals surface area contributed by atoms with Gasteiger partial charge in [0.25, 0.3) is 0 Å². The summed E-state index contributed by atoms with van der Waals surface area (Å²) >= 11 is 17.9. The van der Waals surface area contributed by atoms with Crippen LogP contribution in [0.1, 0.15) is 11.3 Å². The number of aromatic nitrogens is 4. The zero-order chi connectivity index (χ0) is 19.9. The van der Waals surface area contributed by atoms with Crippen molar-refractivity contribution < 1.29 is 4.74 Å². The lowest BCUT2D eigenvalue weighted by atomic mass is 10.2.